The van der Waals surface area contributed by atoms with Crippen LogP contribution < -0.4 is 10.6 Å². The Kier molecular flexibility index (Phi) is 4.99. The van der Waals surface area contributed by atoms with Gasteiger partial charge in [-0.1, -0.05) is 19.9 Å². The van der Waals surface area contributed by atoms with Gasteiger partial charge in [0.05, 0.1) is 0 Å². The summed E-state index contributed by atoms with van der Waals surface area (Å²) in [5.74, 6) is -0.0440. The van der Waals surface area contributed by atoms with Crippen LogP contribution in [-0.2, 0) is 4.79 Å². The Bertz CT molecular complexity index is 528. The van der Waals surface area contributed by atoms with Crippen molar-refractivity contribution < 1.29 is 9.18 Å². The summed E-state index contributed by atoms with van der Waals surface area (Å²) in [7, 11) is 0. The summed E-state index contributed by atoms with van der Waals surface area (Å²) >= 11 is 0. The Morgan fingerprint density at radius 1 is 1.33 bits per heavy atom. The first-order chi connectivity index (χ1) is 9.90. The van der Waals surface area contributed by atoms with Crippen LogP contribution in [0.1, 0.15) is 49.4 Å². The van der Waals surface area contributed by atoms with Crippen molar-refractivity contribution in [2.45, 2.75) is 52.6 Å². The van der Waals surface area contributed by atoms with Gasteiger partial charge in [-0.05, 0) is 56.0 Å². The fourth-order valence-corrected chi connectivity index (χ4v) is 2.84. The third-order valence-corrected chi connectivity index (χ3v) is 4.41. The van der Waals surface area contributed by atoms with Crippen molar-refractivity contribution >= 4 is 5.91 Å². The lowest BCUT2D eigenvalue weighted by atomic mass is 9.89. The summed E-state index contributed by atoms with van der Waals surface area (Å²) in [5.41, 5.74) is 2.85. The van der Waals surface area contributed by atoms with Gasteiger partial charge in [-0.3, -0.25) is 4.79 Å². The van der Waals surface area contributed by atoms with Crippen LogP contribution in [0.3, 0.4) is 0 Å². The highest BCUT2D eigenvalue weighted by Gasteiger charge is 2.26. The molecule has 1 aromatic carbocycles. The van der Waals surface area contributed by atoms with Crippen LogP contribution in [-0.4, -0.2) is 18.5 Å². The third kappa shape index (κ3) is 3.62. The first kappa shape index (κ1) is 16.0. The number of nitrogens with one attached hydrogen (secondary N) is 2. The van der Waals surface area contributed by atoms with Gasteiger partial charge in [-0.15, -0.1) is 0 Å². The SMILES string of the molecule is Cc1c(F)ccc([C@@H]2CC(NC(=O)C(C)C)CCN2)c1C. The average molecular weight is 292 g/mol. The first-order valence-corrected chi connectivity index (χ1v) is 7.69. The molecule has 116 valence electrons. The summed E-state index contributed by atoms with van der Waals surface area (Å²) in [4.78, 5) is 11.8. The van der Waals surface area contributed by atoms with Gasteiger partial charge in [0, 0.05) is 18.0 Å². The van der Waals surface area contributed by atoms with Crippen molar-refractivity contribution in [3.8, 4) is 0 Å². The normalized spacial score (nSPS) is 22.4. The maximum absolute atomic E-state index is 13.6. The largest absolute Gasteiger partial charge is 0.353 e. The Labute approximate surface area is 126 Å². The molecule has 3 nitrogen and oxygen atoms in total. The summed E-state index contributed by atoms with van der Waals surface area (Å²) < 4.78 is 13.6. The number of rotatable bonds is 3. The van der Waals surface area contributed by atoms with Crippen LogP contribution >= 0.6 is 0 Å². The second kappa shape index (κ2) is 6.56. The molecule has 1 unspecified atom stereocenters. The molecule has 0 spiro atoms. The molecule has 2 atom stereocenters. The molecule has 0 bridgehead atoms. The summed E-state index contributed by atoms with van der Waals surface area (Å²) in [6.45, 7) is 8.45. The van der Waals surface area contributed by atoms with Gasteiger partial charge in [-0.25, -0.2) is 4.39 Å². The Morgan fingerprint density at radius 3 is 2.71 bits per heavy atom. The van der Waals surface area contributed by atoms with Crippen LogP contribution in [0, 0.1) is 25.6 Å². The van der Waals surface area contributed by atoms with E-state index in [9.17, 15) is 9.18 Å². The number of hydrogen-bond acceptors (Lipinski definition) is 2. The van der Waals surface area contributed by atoms with E-state index < -0.39 is 0 Å². The smallest absolute Gasteiger partial charge is 0.222 e. The van der Waals surface area contributed by atoms with Crippen molar-refractivity contribution in [2.75, 3.05) is 6.54 Å². The maximum Gasteiger partial charge on any atom is 0.222 e. The van der Waals surface area contributed by atoms with Crippen LogP contribution in [0.4, 0.5) is 4.39 Å². The Hall–Kier alpha value is -1.42. The zero-order chi connectivity index (χ0) is 15.6. The fourth-order valence-electron chi connectivity index (χ4n) is 2.84. The van der Waals surface area contributed by atoms with E-state index in [0.717, 1.165) is 30.5 Å². The standard InChI is InChI=1S/C17H25FN2O/c1-10(2)17(21)20-13-7-8-19-16(9-13)14-5-6-15(18)12(4)11(14)3/h5-6,10,13,16,19H,7-9H2,1-4H3,(H,20,21)/t13?,16-/m0/s1. The van der Waals surface area contributed by atoms with Gasteiger partial charge in [0.25, 0.3) is 0 Å². The molecular weight excluding hydrogens is 267 g/mol. The lowest BCUT2D eigenvalue weighted by molar-refractivity contribution is -0.124. The van der Waals surface area contributed by atoms with E-state index in [1.165, 1.54) is 6.07 Å². The molecule has 4 heteroatoms. The van der Waals surface area contributed by atoms with E-state index in [1.54, 1.807) is 0 Å². The number of hydrogen-bond donors (Lipinski definition) is 2. The maximum atomic E-state index is 13.6. The highest BCUT2D eigenvalue weighted by atomic mass is 19.1. The van der Waals surface area contributed by atoms with E-state index in [-0.39, 0.29) is 29.7 Å². The molecule has 1 aromatic rings. The van der Waals surface area contributed by atoms with Gasteiger partial charge in [-0.2, -0.15) is 0 Å². The second-order valence-corrected chi connectivity index (χ2v) is 6.28. The minimum atomic E-state index is -0.156. The zero-order valence-corrected chi connectivity index (χ0v) is 13.3. The van der Waals surface area contributed by atoms with E-state index in [4.69, 9.17) is 0 Å². The number of carbonyl (C=O) groups excluding carboxylic acids is 1. The summed E-state index contributed by atoms with van der Waals surface area (Å²) in [5, 5.41) is 6.59. The summed E-state index contributed by atoms with van der Waals surface area (Å²) in [6.07, 6.45) is 1.79. The first-order valence-electron chi connectivity index (χ1n) is 7.69. The molecule has 2 N–H and O–H groups in total. The van der Waals surface area contributed by atoms with Crippen LogP contribution in [0.15, 0.2) is 12.1 Å². The molecule has 1 saturated heterocycles. The van der Waals surface area contributed by atoms with Crippen molar-refractivity contribution in [3.63, 3.8) is 0 Å². The van der Waals surface area contributed by atoms with E-state index in [2.05, 4.69) is 10.6 Å². The van der Waals surface area contributed by atoms with E-state index in [1.807, 2.05) is 33.8 Å². The molecule has 0 saturated carbocycles. The van der Waals surface area contributed by atoms with Crippen LogP contribution in [0.25, 0.3) is 0 Å². The predicted octanol–water partition coefficient (Wildman–Crippen LogP) is 3.01. The molecular formula is C17H25FN2O. The van der Waals surface area contributed by atoms with Crippen LogP contribution in [0.2, 0.25) is 0 Å². The van der Waals surface area contributed by atoms with Gasteiger partial charge >= 0.3 is 0 Å². The monoisotopic (exact) mass is 292 g/mol. The Balaban J connectivity index is 2.11. The molecule has 0 aliphatic carbocycles. The van der Waals surface area contributed by atoms with Crippen molar-refractivity contribution in [3.05, 3.63) is 34.6 Å². The number of amides is 1. The molecule has 1 aliphatic rings. The minimum absolute atomic E-state index is 0.00753. The van der Waals surface area contributed by atoms with Crippen molar-refractivity contribution in [1.29, 1.82) is 0 Å². The average Bonchev–Trinajstić information content (AvgIpc) is 2.45. The molecule has 1 amide bonds. The highest BCUT2D eigenvalue weighted by Crippen LogP contribution is 2.28. The van der Waals surface area contributed by atoms with E-state index in [0.29, 0.717) is 5.56 Å². The van der Waals surface area contributed by atoms with Crippen molar-refractivity contribution in [2.24, 2.45) is 5.92 Å². The fraction of sp³-hybridized carbons (Fsp3) is 0.588. The lowest BCUT2D eigenvalue weighted by Gasteiger charge is -2.32. The quantitative estimate of drug-likeness (QED) is 0.899. The molecule has 1 aliphatic heterocycles. The van der Waals surface area contributed by atoms with Crippen molar-refractivity contribution in [1.82, 2.24) is 10.6 Å². The number of carbonyl (C=O) groups is 1. The topological polar surface area (TPSA) is 41.1 Å². The molecule has 0 radical (unpaired) electrons. The van der Waals surface area contributed by atoms with Gasteiger partial charge < -0.3 is 10.6 Å². The molecule has 2 rings (SSSR count). The lowest BCUT2D eigenvalue weighted by Crippen LogP contribution is -2.45. The predicted molar refractivity (Wildman–Crippen MR) is 82.6 cm³/mol. The number of benzene rings is 1. The van der Waals surface area contributed by atoms with Crippen LogP contribution in [0.5, 0.6) is 0 Å². The van der Waals surface area contributed by atoms with E-state index >= 15 is 0 Å². The molecule has 21 heavy (non-hydrogen) atoms. The van der Waals surface area contributed by atoms with Gasteiger partial charge in [0.15, 0.2) is 0 Å². The van der Waals surface area contributed by atoms with Gasteiger partial charge in [0.2, 0.25) is 5.91 Å². The molecule has 1 fully saturated rings. The third-order valence-electron chi connectivity index (χ3n) is 4.41. The molecule has 1 heterocycles. The second-order valence-electron chi connectivity index (χ2n) is 6.28. The highest BCUT2D eigenvalue weighted by molar-refractivity contribution is 5.78. The Morgan fingerprint density at radius 2 is 2.05 bits per heavy atom. The number of piperidine rings is 1. The number of halogens is 1. The zero-order valence-electron chi connectivity index (χ0n) is 13.3. The molecule has 0 aromatic heterocycles. The minimum Gasteiger partial charge on any atom is -0.353 e. The van der Waals surface area contributed by atoms with Gasteiger partial charge in [0.1, 0.15) is 5.82 Å². The summed E-state index contributed by atoms with van der Waals surface area (Å²) in [6, 6.07) is 3.77.